The van der Waals surface area contributed by atoms with Crippen molar-refractivity contribution in [1.29, 1.82) is 0 Å². The van der Waals surface area contributed by atoms with Crippen molar-refractivity contribution in [3.05, 3.63) is 58.5 Å². The zero-order valence-corrected chi connectivity index (χ0v) is 12.0. The summed E-state index contributed by atoms with van der Waals surface area (Å²) in [7, 11) is 0. The van der Waals surface area contributed by atoms with Crippen molar-refractivity contribution in [3.63, 3.8) is 0 Å². The lowest BCUT2D eigenvalue weighted by atomic mass is 10.2. The van der Waals surface area contributed by atoms with Crippen LogP contribution in [0.4, 0.5) is 0 Å². The third-order valence-electron chi connectivity index (χ3n) is 3.26. The molecule has 0 radical (unpaired) electrons. The van der Waals surface area contributed by atoms with Gasteiger partial charge in [-0.25, -0.2) is 9.59 Å². The number of carboxylic acid groups (broad SMARTS) is 1. The molecular formula is C15H12N2O3S. The van der Waals surface area contributed by atoms with Gasteiger partial charge in [-0.3, -0.25) is 4.57 Å². The molecule has 3 rings (SSSR count). The molecule has 3 aromatic rings. The number of imidazole rings is 1. The number of rotatable bonds is 3. The lowest BCUT2D eigenvalue weighted by Gasteiger charge is -2.09. The van der Waals surface area contributed by atoms with Gasteiger partial charge in [-0.05, 0) is 30.5 Å². The summed E-state index contributed by atoms with van der Waals surface area (Å²) in [5.74, 6) is -1.06. The summed E-state index contributed by atoms with van der Waals surface area (Å²) < 4.78 is 1.42. The van der Waals surface area contributed by atoms with Gasteiger partial charge < -0.3 is 10.1 Å². The number of carbonyl (C=O) groups is 1. The third-order valence-corrected chi connectivity index (χ3v) is 4.05. The fraction of sp³-hybridized carbons (Fsp3) is 0.0667. The summed E-state index contributed by atoms with van der Waals surface area (Å²) in [6.45, 7) is 0. The number of benzene rings is 2. The predicted octanol–water partition coefficient (Wildman–Crippen LogP) is 2.74. The first-order valence-corrected chi connectivity index (χ1v) is 7.46. The van der Waals surface area contributed by atoms with E-state index in [0.717, 1.165) is 4.90 Å². The first kappa shape index (κ1) is 13.5. The topological polar surface area (TPSA) is 75.1 Å². The summed E-state index contributed by atoms with van der Waals surface area (Å²) in [5.41, 5.74) is 1.32. The molecule has 2 N–H and O–H groups in total. The zero-order valence-electron chi connectivity index (χ0n) is 11.2. The Kier molecular flexibility index (Phi) is 3.31. The molecule has 6 heteroatoms. The summed E-state index contributed by atoms with van der Waals surface area (Å²) >= 11 is 1.50. The number of nitrogens with one attached hydrogen (secondary N) is 1. The molecule has 0 saturated heterocycles. The maximum absolute atomic E-state index is 12.3. The molecule has 0 saturated carbocycles. The molecule has 0 spiro atoms. The maximum Gasteiger partial charge on any atom is 0.337 e. The van der Waals surface area contributed by atoms with Crippen molar-refractivity contribution in [2.45, 2.75) is 4.90 Å². The standard InChI is InChI=1S/C15H12N2O3S/c1-21-12-8-3-2-7-11(12)17-13-9(14(18)19)5-4-6-10(13)16-15(17)20/h2-8H,1H3,(H,16,20)(H,18,19). The van der Waals surface area contributed by atoms with Gasteiger partial charge >= 0.3 is 11.7 Å². The molecule has 0 amide bonds. The largest absolute Gasteiger partial charge is 0.478 e. The van der Waals surface area contributed by atoms with E-state index in [1.54, 1.807) is 18.2 Å². The molecule has 0 aliphatic heterocycles. The van der Waals surface area contributed by atoms with Crippen LogP contribution in [0, 0.1) is 0 Å². The Morgan fingerprint density at radius 3 is 2.67 bits per heavy atom. The third kappa shape index (κ3) is 2.13. The van der Waals surface area contributed by atoms with Gasteiger partial charge in [0.1, 0.15) is 0 Å². The average molecular weight is 300 g/mol. The number of nitrogens with zero attached hydrogens (tertiary/aromatic N) is 1. The Balaban J connectivity index is 2.45. The van der Waals surface area contributed by atoms with Crippen molar-refractivity contribution >= 4 is 28.8 Å². The molecule has 2 aromatic carbocycles. The molecule has 0 unspecified atom stereocenters. The molecule has 5 nitrogen and oxygen atoms in total. The van der Waals surface area contributed by atoms with Crippen LogP contribution in [0.3, 0.4) is 0 Å². The van der Waals surface area contributed by atoms with Crippen molar-refractivity contribution in [1.82, 2.24) is 9.55 Å². The van der Waals surface area contributed by atoms with Crippen LogP contribution in [0.25, 0.3) is 16.7 Å². The van der Waals surface area contributed by atoms with Crippen molar-refractivity contribution in [3.8, 4) is 5.69 Å². The van der Waals surface area contributed by atoms with E-state index in [2.05, 4.69) is 4.98 Å². The molecule has 1 aromatic heterocycles. The van der Waals surface area contributed by atoms with Crippen LogP contribution >= 0.6 is 11.8 Å². The SMILES string of the molecule is CSc1ccccc1-n1c(=O)[nH]c2cccc(C(=O)O)c21. The van der Waals surface area contributed by atoms with Gasteiger partial charge in [0.05, 0.1) is 22.3 Å². The summed E-state index contributed by atoms with van der Waals surface area (Å²) in [6, 6.07) is 12.2. The molecule has 0 atom stereocenters. The van der Waals surface area contributed by atoms with Crippen LogP contribution in [-0.2, 0) is 0 Å². The number of aromatic amines is 1. The molecule has 0 bridgehead atoms. The summed E-state index contributed by atoms with van der Waals surface area (Å²) in [5, 5.41) is 9.36. The van der Waals surface area contributed by atoms with Gasteiger partial charge in [0, 0.05) is 4.90 Å². The van der Waals surface area contributed by atoms with E-state index in [1.165, 1.54) is 22.4 Å². The number of fused-ring (bicyclic) bond motifs is 1. The Morgan fingerprint density at radius 1 is 1.19 bits per heavy atom. The Labute approximate surface area is 124 Å². The van der Waals surface area contributed by atoms with Crippen molar-refractivity contribution in [2.75, 3.05) is 6.26 Å². The minimum absolute atomic E-state index is 0.0988. The van der Waals surface area contributed by atoms with Gasteiger partial charge in [-0.1, -0.05) is 18.2 Å². The fourth-order valence-corrected chi connectivity index (χ4v) is 2.96. The van der Waals surface area contributed by atoms with Crippen LogP contribution in [-0.4, -0.2) is 26.9 Å². The van der Waals surface area contributed by atoms with E-state index in [0.29, 0.717) is 16.7 Å². The second-order valence-electron chi connectivity index (χ2n) is 4.44. The predicted molar refractivity (Wildman–Crippen MR) is 82.6 cm³/mol. The highest BCUT2D eigenvalue weighted by atomic mass is 32.2. The number of hydrogen-bond acceptors (Lipinski definition) is 3. The number of hydrogen-bond donors (Lipinski definition) is 2. The van der Waals surface area contributed by atoms with Crippen LogP contribution < -0.4 is 5.69 Å². The van der Waals surface area contributed by atoms with Crippen LogP contribution in [0.5, 0.6) is 0 Å². The molecule has 1 heterocycles. The van der Waals surface area contributed by atoms with E-state index in [9.17, 15) is 14.7 Å². The van der Waals surface area contributed by atoms with Crippen LogP contribution in [0.15, 0.2) is 52.2 Å². The Bertz CT molecular complexity index is 895. The Morgan fingerprint density at radius 2 is 1.95 bits per heavy atom. The normalized spacial score (nSPS) is 10.9. The van der Waals surface area contributed by atoms with Crippen LogP contribution in [0.2, 0.25) is 0 Å². The second-order valence-corrected chi connectivity index (χ2v) is 5.29. The molecule has 0 aliphatic rings. The first-order chi connectivity index (χ1) is 10.1. The zero-order chi connectivity index (χ0) is 15.0. The number of para-hydroxylation sites is 2. The quantitative estimate of drug-likeness (QED) is 0.729. The first-order valence-electron chi connectivity index (χ1n) is 6.24. The fourth-order valence-electron chi connectivity index (χ4n) is 2.37. The number of carboxylic acids is 1. The molecule has 21 heavy (non-hydrogen) atoms. The van der Waals surface area contributed by atoms with Gasteiger partial charge in [0.2, 0.25) is 0 Å². The summed E-state index contributed by atoms with van der Waals surface area (Å²) in [4.78, 5) is 27.3. The lowest BCUT2D eigenvalue weighted by molar-refractivity contribution is 0.0698. The van der Waals surface area contributed by atoms with E-state index in [-0.39, 0.29) is 11.3 Å². The smallest absolute Gasteiger partial charge is 0.337 e. The number of aromatic nitrogens is 2. The second kappa shape index (κ2) is 5.14. The number of thioether (sulfide) groups is 1. The highest BCUT2D eigenvalue weighted by molar-refractivity contribution is 7.98. The van der Waals surface area contributed by atoms with E-state index in [4.69, 9.17) is 0 Å². The van der Waals surface area contributed by atoms with E-state index in [1.807, 2.05) is 24.5 Å². The maximum atomic E-state index is 12.3. The summed E-state index contributed by atoms with van der Waals surface area (Å²) in [6.07, 6.45) is 1.91. The van der Waals surface area contributed by atoms with Gasteiger partial charge in [-0.2, -0.15) is 0 Å². The minimum atomic E-state index is -1.06. The minimum Gasteiger partial charge on any atom is -0.478 e. The van der Waals surface area contributed by atoms with E-state index >= 15 is 0 Å². The van der Waals surface area contributed by atoms with Crippen molar-refractivity contribution in [2.24, 2.45) is 0 Å². The Hall–Kier alpha value is -2.47. The van der Waals surface area contributed by atoms with Crippen LogP contribution in [0.1, 0.15) is 10.4 Å². The molecule has 0 fully saturated rings. The molecule has 106 valence electrons. The monoisotopic (exact) mass is 300 g/mol. The van der Waals surface area contributed by atoms with Gasteiger partial charge in [0.15, 0.2) is 0 Å². The van der Waals surface area contributed by atoms with Crippen molar-refractivity contribution < 1.29 is 9.90 Å². The lowest BCUT2D eigenvalue weighted by Crippen LogP contribution is -2.16. The molecular weight excluding hydrogens is 288 g/mol. The van der Waals surface area contributed by atoms with E-state index < -0.39 is 5.97 Å². The van der Waals surface area contributed by atoms with Gasteiger partial charge in [-0.15, -0.1) is 11.8 Å². The number of aromatic carboxylic acids is 1. The molecule has 0 aliphatic carbocycles. The number of H-pyrrole nitrogens is 1. The average Bonchev–Trinajstić information content (AvgIpc) is 2.82. The van der Waals surface area contributed by atoms with Gasteiger partial charge in [0.25, 0.3) is 0 Å². The highest BCUT2D eigenvalue weighted by Gasteiger charge is 2.17. The highest BCUT2D eigenvalue weighted by Crippen LogP contribution is 2.26.